The van der Waals surface area contributed by atoms with Gasteiger partial charge in [0.05, 0.1) is 48.6 Å². The van der Waals surface area contributed by atoms with Gasteiger partial charge in [-0.2, -0.15) is 0 Å². The maximum atomic E-state index is 14.2. The Balaban J connectivity index is 1.28. The third kappa shape index (κ3) is 3.89. The van der Waals surface area contributed by atoms with Gasteiger partial charge >= 0.3 is 0 Å². The maximum absolute atomic E-state index is 14.2. The lowest BCUT2D eigenvalue weighted by molar-refractivity contribution is -0.138. The molecule has 12 nitrogen and oxygen atoms in total. The summed E-state index contributed by atoms with van der Waals surface area (Å²) >= 11 is 0. The fraction of sp³-hybridized carbons (Fsp3) is 0.167. The molecule has 4 aliphatic heterocycles. The Hall–Kier alpha value is -6.30. The molecule has 4 aromatic carbocycles. The van der Waals surface area contributed by atoms with E-state index in [1.165, 1.54) is 48.3 Å². The van der Waals surface area contributed by atoms with E-state index in [2.05, 4.69) is 0 Å². The zero-order valence-electron chi connectivity index (χ0n) is 25.6. The van der Waals surface area contributed by atoms with Crippen LogP contribution in [0.3, 0.4) is 0 Å². The highest BCUT2D eigenvalue weighted by atomic mass is 16.5. The van der Waals surface area contributed by atoms with Crippen LogP contribution in [-0.2, 0) is 9.59 Å². The third-order valence-electron chi connectivity index (χ3n) is 9.48. The zero-order chi connectivity index (χ0) is 33.4. The van der Waals surface area contributed by atoms with Gasteiger partial charge in [0.15, 0.2) is 0 Å². The van der Waals surface area contributed by atoms with Crippen molar-refractivity contribution in [2.75, 3.05) is 24.0 Å². The second-order valence-electron chi connectivity index (χ2n) is 11.7. The van der Waals surface area contributed by atoms with Crippen molar-refractivity contribution in [1.82, 2.24) is 9.80 Å². The minimum atomic E-state index is -1.35. The molecule has 48 heavy (non-hydrogen) atoms. The van der Waals surface area contributed by atoms with E-state index in [0.29, 0.717) is 22.9 Å². The Morgan fingerprint density at radius 2 is 0.708 bits per heavy atom. The summed E-state index contributed by atoms with van der Waals surface area (Å²) in [5.74, 6) is -2.64. The van der Waals surface area contributed by atoms with Gasteiger partial charge in [-0.15, -0.1) is 0 Å². The Morgan fingerprint density at radius 1 is 0.417 bits per heavy atom. The molecule has 12 heteroatoms. The topological polar surface area (TPSA) is 134 Å². The van der Waals surface area contributed by atoms with Crippen LogP contribution in [0.15, 0.2) is 97.1 Å². The van der Waals surface area contributed by atoms with Crippen LogP contribution in [0, 0.1) is 0 Å². The summed E-state index contributed by atoms with van der Waals surface area (Å²) in [4.78, 5) is 88.2. The SMILES string of the molecule is COc1ccc(N2C(=O)[C@@H](N3C(=O)c4ccccc4C3=O)[C@H]2[C@@H]2[C@H](N3C(=O)c4ccccc4C3=O)C(=O)N2c2ccc(OC)cc2)cc1. The van der Waals surface area contributed by atoms with Gasteiger partial charge in [-0.1, -0.05) is 24.3 Å². The monoisotopic (exact) mass is 642 g/mol. The molecule has 0 radical (unpaired) electrons. The minimum Gasteiger partial charge on any atom is -0.497 e. The van der Waals surface area contributed by atoms with Crippen LogP contribution in [0.5, 0.6) is 11.5 Å². The quantitative estimate of drug-likeness (QED) is 0.222. The molecule has 4 heterocycles. The number of methoxy groups -OCH3 is 2. The first kappa shape index (κ1) is 29.1. The zero-order valence-corrected chi connectivity index (χ0v) is 25.6. The summed E-state index contributed by atoms with van der Waals surface area (Å²) in [7, 11) is 3.01. The molecule has 4 aliphatic rings. The van der Waals surface area contributed by atoms with Crippen molar-refractivity contribution >= 4 is 46.8 Å². The number of nitrogens with zero attached hydrogens (tertiary/aromatic N) is 4. The molecule has 0 aliphatic carbocycles. The molecule has 0 saturated carbocycles. The normalized spacial score (nSPS) is 22.9. The second-order valence-corrected chi connectivity index (χ2v) is 11.7. The van der Waals surface area contributed by atoms with Crippen LogP contribution < -0.4 is 19.3 Å². The number of carbonyl (C=O) groups is 6. The van der Waals surface area contributed by atoms with Crippen LogP contribution in [0.2, 0.25) is 0 Å². The standard InChI is InChI=1S/C36H26N4O8/c1-47-21-15-11-19(12-16-21)37-27(29(35(37)45)39-31(41)23-7-3-4-8-24(23)32(39)42)28-30(36(46)38(28)20-13-17-22(48-2)18-14-20)40-33(43)25-9-5-6-10-26(25)34(40)44/h3-18,27-30H,1-2H3/t27-,28-,29+,30+/m1/s1. The Kier molecular flexibility index (Phi) is 6.45. The average molecular weight is 643 g/mol. The first-order chi connectivity index (χ1) is 23.3. The predicted octanol–water partition coefficient (Wildman–Crippen LogP) is 3.16. The molecule has 8 rings (SSSR count). The van der Waals surface area contributed by atoms with E-state index in [1.54, 1.807) is 72.8 Å². The summed E-state index contributed by atoms with van der Waals surface area (Å²) in [5, 5.41) is 0. The van der Waals surface area contributed by atoms with Crippen molar-refractivity contribution in [3.63, 3.8) is 0 Å². The van der Waals surface area contributed by atoms with Crippen molar-refractivity contribution in [2.45, 2.75) is 24.2 Å². The molecule has 0 spiro atoms. The smallest absolute Gasteiger partial charge is 0.262 e. The molecule has 0 N–H and O–H groups in total. The molecule has 4 aromatic rings. The highest BCUT2D eigenvalue weighted by molar-refractivity contribution is 6.27. The van der Waals surface area contributed by atoms with Crippen LogP contribution in [0.1, 0.15) is 41.4 Å². The van der Waals surface area contributed by atoms with E-state index in [9.17, 15) is 28.8 Å². The minimum absolute atomic E-state index is 0.158. The number of hydrogen-bond donors (Lipinski definition) is 0. The summed E-state index contributed by atoms with van der Waals surface area (Å²) in [6.45, 7) is 0. The fourth-order valence-corrected chi connectivity index (χ4v) is 7.20. The molecule has 2 saturated heterocycles. The highest BCUT2D eigenvalue weighted by Crippen LogP contribution is 2.46. The van der Waals surface area contributed by atoms with Crippen molar-refractivity contribution in [3.8, 4) is 11.5 Å². The number of benzene rings is 4. The van der Waals surface area contributed by atoms with Crippen molar-refractivity contribution in [2.24, 2.45) is 0 Å². The molecule has 0 unspecified atom stereocenters. The van der Waals surface area contributed by atoms with Crippen LogP contribution in [0.4, 0.5) is 11.4 Å². The summed E-state index contributed by atoms with van der Waals surface area (Å²) in [5.41, 5.74) is 1.45. The number of fused-ring (bicyclic) bond motifs is 2. The van der Waals surface area contributed by atoms with Crippen LogP contribution in [-0.4, -0.2) is 83.6 Å². The van der Waals surface area contributed by atoms with E-state index in [4.69, 9.17) is 9.47 Å². The van der Waals surface area contributed by atoms with Crippen molar-refractivity contribution < 1.29 is 38.2 Å². The molecule has 4 atom stereocenters. The molecule has 0 aromatic heterocycles. The molecule has 6 amide bonds. The van der Waals surface area contributed by atoms with Gasteiger partial charge in [0.25, 0.3) is 35.4 Å². The van der Waals surface area contributed by atoms with Gasteiger partial charge in [0.2, 0.25) is 0 Å². The third-order valence-corrected chi connectivity index (χ3v) is 9.48. The lowest BCUT2D eigenvalue weighted by atomic mass is 9.76. The van der Waals surface area contributed by atoms with Gasteiger partial charge in [0.1, 0.15) is 23.6 Å². The van der Waals surface area contributed by atoms with Crippen LogP contribution >= 0.6 is 0 Å². The number of anilines is 2. The largest absolute Gasteiger partial charge is 0.497 e. The summed E-state index contributed by atoms with van der Waals surface area (Å²) in [6.07, 6.45) is 0. The number of imide groups is 2. The first-order valence-corrected chi connectivity index (χ1v) is 15.1. The fourth-order valence-electron chi connectivity index (χ4n) is 7.20. The lowest BCUT2D eigenvalue weighted by Gasteiger charge is -2.60. The second kappa shape index (κ2) is 10.6. The molecule has 238 valence electrons. The van der Waals surface area contributed by atoms with E-state index in [1.807, 2.05) is 0 Å². The molecule has 2 fully saturated rings. The van der Waals surface area contributed by atoms with E-state index >= 15 is 0 Å². The lowest BCUT2D eigenvalue weighted by Crippen LogP contribution is -2.86. The summed E-state index contributed by atoms with van der Waals surface area (Å²) in [6, 6.07) is 21.0. The van der Waals surface area contributed by atoms with Gasteiger partial charge in [0, 0.05) is 11.4 Å². The maximum Gasteiger partial charge on any atom is 0.262 e. The Labute approximate surface area is 273 Å². The van der Waals surface area contributed by atoms with Crippen molar-refractivity contribution in [1.29, 1.82) is 0 Å². The van der Waals surface area contributed by atoms with Crippen LogP contribution in [0.25, 0.3) is 0 Å². The van der Waals surface area contributed by atoms with Gasteiger partial charge < -0.3 is 19.3 Å². The predicted molar refractivity (Wildman–Crippen MR) is 170 cm³/mol. The highest BCUT2D eigenvalue weighted by Gasteiger charge is 2.68. The van der Waals surface area contributed by atoms with Gasteiger partial charge in [-0.25, -0.2) is 0 Å². The van der Waals surface area contributed by atoms with E-state index in [-0.39, 0.29) is 22.3 Å². The molecular weight excluding hydrogens is 616 g/mol. The molecular formula is C36H26N4O8. The number of amides is 6. The van der Waals surface area contributed by atoms with E-state index in [0.717, 1.165) is 9.80 Å². The Morgan fingerprint density at radius 3 is 0.979 bits per heavy atom. The number of β-lactam (4-membered cyclic amide) rings is 2. The molecule has 0 bridgehead atoms. The van der Waals surface area contributed by atoms with E-state index < -0.39 is 59.6 Å². The number of rotatable bonds is 7. The average Bonchev–Trinajstić information content (AvgIpc) is 3.51. The Bertz CT molecular complexity index is 1860. The van der Waals surface area contributed by atoms with Crippen molar-refractivity contribution in [3.05, 3.63) is 119 Å². The summed E-state index contributed by atoms with van der Waals surface area (Å²) < 4.78 is 10.6. The number of ether oxygens (including phenoxy) is 2. The van der Waals surface area contributed by atoms with Gasteiger partial charge in [-0.3, -0.25) is 38.6 Å². The number of carbonyl (C=O) groups excluding carboxylic acids is 6. The van der Waals surface area contributed by atoms with Gasteiger partial charge in [-0.05, 0) is 72.8 Å². The first-order valence-electron chi connectivity index (χ1n) is 15.1. The number of hydrogen-bond acceptors (Lipinski definition) is 8.